The largest absolute Gasteiger partial charge is 0.474 e. The van der Waals surface area contributed by atoms with Crippen molar-refractivity contribution in [3.8, 4) is 11.7 Å². The van der Waals surface area contributed by atoms with Crippen LogP contribution in [0.3, 0.4) is 0 Å². The van der Waals surface area contributed by atoms with Crippen LogP contribution in [0.15, 0.2) is 30.3 Å². The Bertz CT molecular complexity index is 1560. The molecule has 0 spiro atoms. The highest BCUT2D eigenvalue weighted by Gasteiger charge is 2.36. The molecule has 1 atom stereocenters. The summed E-state index contributed by atoms with van der Waals surface area (Å²) in [7, 11) is 0. The number of likely N-dealkylation sites (tertiary alicyclic amines) is 1. The summed E-state index contributed by atoms with van der Waals surface area (Å²) < 4.78 is 47.3. The molecule has 6 rings (SSSR count). The lowest BCUT2D eigenvalue weighted by atomic mass is 9.82. The van der Waals surface area contributed by atoms with E-state index >= 15 is 0 Å². The van der Waals surface area contributed by atoms with Crippen LogP contribution in [0.2, 0.25) is 0 Å². The summed E-state index contributed by atoms with van der Waals surface area (Å²) in [6.45, 7) is 8.20. The molecule has 2 saturated heterocycles. The number of morpholine rings is 1. The molecule has 3 fully saturated rings. The van der Waals surface area contributed by atoms with E-state index in [1.165, 1.54) is 4.57 Å². The van der Waals surface area contributed by atoms with E-state index in [9.17, 15) is 18.4 Å². The highest BCUT2D eigenvalue weighted by Crippen LogP contribution is 2.34. The van der Waals surface area contributed by atoms with Gasteiger partial charge in [0.05, 0.1) is 30.3 Å². The van der Waals surface area contributed by atoms with Gasteiger partial charge in [0.15, 0.2) is 11.6 Å². The van der Waals surface area contributed by atoms with Crippen molar-refractivity contribution in [2.75, 3.05) is 37.7 Å². The number of Topliss-reactive ketones (excluding diaryl/α,β-unsaturated/α-hetero) is 1. The number of hydrogen-bond acceptors (Lipinski definition) is 9. The third-order valence-electron chi connectivity index (χ3n) is 9.06. The van der Waals surface area contributed by atoms with Crippen LogP contribution in [0.25, 0.3) is 16.9 Å². The van der Waals surface area contributed by atoms with Gasteiger partial charge in [-0.2, -0.15) is 9.97 Å². The van der Waals surface area contributed by atoms with E-state index in [0.29, 0.717) is 68.6 Å². The Hall–Kier alpha value is -3.87. The van der Waals surface area contributed by atoms with E-state index in [0.717, 1.165) is 38.5 Å². The number of nitrogens with zero attached hydrogens (tertiary/aromatic N) is 6. The topological polar surface area (TPSA) is 112 Å². The van der Waals surface area contributed by atoms with Gasteiger partial charge in [0, 0.05) is 32.1 Å². The standard InChI is InChI=1S/C34H44F2N6O5/c1-34(2,3)47-33(44)41-15-7-6-10-26(41)27(43)20-22-11-13-23(14-12-22)46-29-21-28(38-32(39-29)40-16-18-45-19-17-40)42-25-9-5-4-8-24(25)37-31(42)30(35)36/h4-5,8-9,21-23,26,30H,6-7,10-20H2,1-3H3/t22?,23?,26-/m1/s1. The lowest BCUT2D eigenvalue weighted by Crippen LogP contribution is -2.50. The number of hydrogen-bond donors (Lipinski definition) is 0. The Morgan fingerprint density at radius 1 is 0.979 bits per heavy atom. The summed E-state index contributed by atoms with van der Waals surface area (Å²) in [6.07, 6.45) is 2.52. The molecule has 11 nitrogen and oxygen atoms in total. The minimum Gasteiger partial charge on any atom is -0.474 e. The predicted molar refractivity (Wildman–Crippen MR) is 171 cm³/mol. The molecule has 13 heteroatoms. The molecule has 0 N–H and O–H groups in total. The number of aromatic nitrogens is 4. The van der Waals surface area contributed by atoms with Crippen molar-refractivity contribution in [1.82, 2.24) is 24.4 Å². The molecule has 0 bridgehead atoms. The van der Waals surface area contributed by atoms with E-state index < -0.39 is 30.0 Å². The maximum atomic E-state index is 14.2. The van der Waals surface area contributed by atoms with Gasteiger partial charge in [-0.3, -0.25) is 14.3 Å². The van der Waals surface area contributed by atoms with Crippen molar-refractivity contribution in [3.63, 3.8) is 0 Å². The molecule has 2 aliphatic heterocycles. The third kappa shape index (κ3) is 7.82. The number of piperidine rings is 1. The van der Waals surface area contributed by atoms with Gasteiger partial charge >= 0.3 is 6.09 Å². The zero-order valence-electron chi connectivity index (χ0n) is 27.4. The first kappa shape index (κ1) is 33.0. The van der Waals surface area contributed by atoms with Crippen molar-refractivity contribution in [2.45, 2.75) is 96.3 Å². The van der Waals surface area contributed by atoms with E-state index in [-0.39, 0.29) is 23.6 Å². The number of ketones is 1. The van der Waals surface area contributed by atoms with E-state index in [4.69, 9.17) is 24.2 Å². The summed E-state index contributed by atoms with van der Waals surface area (Å²) in [5.41, 5.74) is 0.354. The monoisotopic (exact) mass is 654 g/mol. The number of carbonyl (C=O) groups is 2. The smallest absolute Gasteiger partial charge is 0.410 e. The summed E-state index contributed by atoms with van der Waals surface area (Å²) in [5.74, 6) is 0.863. The molecule has 2 aromatic heterocycles. The fraction of sp³-hybridized carbons (Fsp3) is 0.618. The molecule has 1 aromatic carbocycles. The molecule has 1 amide bonds. The number of anilines is 1. The summed E-state index contributed by atoms with van der Waals surface area (Å²) in [5, 5.41) is 0. The van der Waals surface area contributed by atoms with Gasteiger partial charge < -0.3 is 19.1 Å². The Labute approximate surface area is 273 Å². The minimum atomic E-state index is -2.81. The summed E-state index contributed by atoms with van der Waals surface area (Å²) in [6, 6.07) is 8.15. The van der Waals surface area contributed by atoms with Gasteiger partial charge in [-0.1, -0.05) is 12.1 Å². The normalized spacial score (nSPS) is 22.5. The van der Waals surface area contributed by atoms with Crippen LogP contribution in [-0.4, -0.2) is 86.9 Å². The van der Waals surface area contributed by atoms with Gasteiger partial charge in [-0.05, 0) is 83.8 Å². The average Bonchev–Trinajstić information content (AvgIpc) is 3.45. The molecule has 3 aliphatic rings. The van der Waals surface area contributed by atoms with Crippen LogP contribution in [0, 0.1) is 5.92 Å². The Kier molecular flexibility index (Phi) is 9.90. The number of carbonyl (C=O) groups excluding carboxylic acids is 2. The van der Waals surface area contributed by atoms with Crippen LogP contribution in [0.4, 0.5) is 19.5 Å². The number of imidazole rings is 1. The van der Waals surface area contributed by atoms with Crippen molar-refractivity contribution in [3.05, 3.63) is 36.2 Å². The molecule has 3 aromatic rings. The highest BCUT2D eigenvalue weighted by atomic mass is 19.3. The van der Waals surface area contributed by atoms with Crippen LogP contribution >= 0.6 is 0 Å². The van der Waals surface area contributed by atoms with Gasteiger partial charge in [0.1, 0.15) is 17.5 Å². The van der Waals surface area contributed by atoms with Crippen LogP contribution < -0.4 is 9.64 Å². The number of ether oxygens (including phenoxy) is 3. The lowest BCUT2D eigenvalue weighted by molar-refractivity contribution is -0.126. The van der Waals surface area contributed by atoms with Gasteiger partial charge in [-0.25, -0.2) is 18.6 Å². The quantitative estimate of drug-likeness (QED) is 0.277. The molecule has 0 unspecified atom stereocenters. The molecular weight excluding hydrogens is 610 g/mol. The number of halogens is 2. The fourth-order valence-corrected chi connectivity index (χ4v) is 6.76. The van der Waals surface area contributed by atoms with Crippen LogP contribution in [-0.2, 0) is 14.3 Å². The Morgan fingerprint density at radius 3 is 2.45 bits per heavy atom. The minimum absolute atomic E-state index is 0.0953. The summed E-state index contributed by atoms with van der Waals surface area (Å²) in [4.78, 5) is 43.5. The second-order valence-corrected chi connectivity index (χ2v) is 13.7. The van der Waals surface area contributed by atoms with E-state index in [1.54, 1.807) is 35.2 Å². The number of para-hydroxylation sites is 2. The number of benzene rings is 1. The zero-order chi connectivity index (χ0) is 33.1. The molecule has 4 heterocycles. The van der Waals surface area contributed by atoms with E-state index in [2.05, 4.69) is 4.98 Å². The number of alkyl halides is 2. The SMILES string of the molecule is CC(C)(C)OC(=O)N1CCCC[C@@H]1C(=O)CC1CCC(Oc2cc(-n3c(C(F)F)nc4ccccc43)nc(N3CCOCC3)n2)CC1. The van der Waals surface area contributed by atoms with Crippen molar-refractivity contribution >= 4 is 28.9 Å². The highest BCUT2D eigenvalue weighted by molar-refractivity contribution is 5.88. The fourth-order valence-electron chi connectivity index (χ4n) is 6.76. The number of amides is 1. The second-order valence-electron chi connectivity index (χ2n) is 13.7. The predicted octanol–water partition coefficient (Wildman–Crippen LogP) is 6.28. The van der Waals surface area contributed by atoms with Crippen LogP contribution in [0.1, 0.15) is 84.4 Å². The van der Waals surface area contributed by atoms with Crippen molar-refractivity contribution < 1.29 is 32.6 Å². The average molecular weight is 655 g/mol. The maximum Gasteiger partial charge on any atom is 0.410 e. The Morgan fingerprint density at radius 2 is 1.72 bits per heavy atom. The zero-order valence-corrected chi connectivity index (χ0v) is 27.4. The molecule has 254 valence electrons. The van der Waals surface area contributed by atoms with Crippen molar-refractivity contribution in [1.29, 1.82) is 0 Å². The summed E-state index contributed by atoms with van der Waals surface area (Å²) >= 11 is 0. The molecule has 0 radical (unpaired) electrons. The van der Waals surface area contributed by atoms with Crippen molar-refractivity contribution in [2.24, 2.45) is 5.92 Å². The third-order valence-corrected chi connectivity index (χ3v) is 9.06. The van der Waals surface area contributed by atoms with Gasteiger partial charge in [-0.15, -0.1) is 0 Å². The van der Waals surface area contributed by atoms with Crippen LogP contribution in [0.5, 0.6) is 5.88 Å². The first-order chi connectivity index (χ1) is 22.6. The maximum absolute atomic E-state index is 14.2. The van der Waals surface area contributed by atoms with Gasteiger partial charge in [0.2, 0.25) is 11.8 Å². The van der Waals surface area contributed by atoms with E-state index in [1.807, 2.05) is 25.7 Å². The molecule has 1 saturated carbocycles. The number of rotatable bonds is 8. The number of fused-ring (bicyclic) bond motifs is 1. The Balaban J connectivity index is 1.15. The molecular formula is C34H44F2N6O5. The first-order valence-electron chi connectivity index (χ1n) is 16.7. The lowest BCUT2D eigenvalue weighted by Gasteiger charge is -2.37. The molecule has 1 aliphatic carbocycles. The second kappa shape index (κ2) is 14.1. The van der Waals surface area contributed by atoms with Gasteiger partial charge in [0.25, 0.3) is 6.43 Å². The molecule has 47 heavy (non-hydrogen) atoms. The first-order valence-corrected chi connectivity index (χ1v) is 16.7.